The minimum absolute atomic E-state index is 0.0808. The predicted octanol–water partition coefficient (Wildman–Crippen LogP) is 1.98. The molecule has 1 heterocycles. The van der Waals surface area contributed by atoms with E-state index in [2.05, 4.69) is 10.1 Å². The third-order valence-electron chi connectivity index (χ3n) is 4.89. The molecule has 14 heteroatoms. The Bertz CT molecular complexity index is 1300. The molecule has 1 aromatic heterocycles. The number of hydrogen-bond acceptors (Lipinski definition) is 6. The van der Waals surface area contributed by atoms with Crippen molar-refractivity contribution in [1.82, 2.24) is 14.8 Å². The van der Waals surface area contributed by atoms with Gasteiger partial charge in [0.1, 0.15) is 35.4 Å². The Labute approximate surface area is 194 Å². The van der Waals surface area contributed by atoms with Crippen molar-refractivity contribution in [2.75, 3.05) is 12.4 Å². The molecule has 0 aliphatic carbocycles. The number of benzene rings is 2. The Morgan fingerprint density at radius 1 is 1.09 bits per heavy atom. The van der Waals surface area contributed by atoms with Crippen LogP contribution in [0, 0.1) is 11.6 Å². The van der Waals surface area contributed by atoms with Crippen molar-refractivity contribution in [3.63, 3.8) is 0 Å². The van der Waals surface area contributed by atoms with Crippen molar-refractivity contribution < 1.29 is 36.6 Å². The number of hydrazine groups is 1. The number of nitrogens with zero attached hydrogens (tertiary/aromatic N) is 2. The van der Waals surface area contributed by atoms with Gasteiger partial charge in [0, 0.05) is 24.7 Å². The number of nitrogens with two attached hydrogens (primary N) is 1. The number of carbonyl (C=O) groups excluding carboxylic acids is 2. The van der Waals surface area contributed by atoms with Crippen LogP contribution in [0.15, 0.2) is 41.2 Å². The van der Waals surface area contributed by atoms with Crippen LogP contribution in [0.4, 0.5) is 23.2 Å². The molecule has 2 aromatic carbocycles. The molecule has 2 amide bonds. The molecule has 0 saturated heterocycles. The van der Waals surface area contributed by atoms with Crippen molar-refractivity contribution in [1.29, 1.82) is 0 Å². The summed E-state index contributed by atoms with van der Waals surface area (Å²) in [4.78, 5) is 37.6. The average molecular weight is 497 g/mol. The largest absolute Gasteiger partial charge is 0.497 e. The summed E-state index contributed by atoms with van der Waals surface area (Å²) in [7, 11) is 2.45. The summed E-state index contributed by atoms with van der Waals surface area (Å²) in [5.74, 6) is 0.802. The van der Waals surface area contributed by atoms with Crippen molar-refractivity contribution in [3.8, 4) is 22.8 Å². The molecule has 0 atom stereocenters. The van der Waals surface area contributed by atoms with Crippen LogP contribution in [-0.2, 0) is 18.4 Å². The van der Waals surface area contributed by atoms with E-state index in [1.54, 1.807) is 0 Å². The summed E-state index contributed by atoms with van der Waals surface area (Å²) in [6.45, 7) is -3.70. The van der Waals surface area contributed by atoms with Crippen molar-refractivity contribution in [3.05, 3.63) is 63.9 Å². The second-order valence-corrected chi connectivity index (χ2v) is 7.00. The van der Waals surface area contributed by atoms with E-state index in [-0.39, 0.29) is 22.8 Å². The molecule has 3 rings (SSSR count). The number of methoxy groups -OCH3 is 1. The lowest BCUT2D eigenvalue weighted by molar-refractivity contribution is -0.122. The number of nitrogens with one attached hydrogen (secondary N) is 2. The number of halogens is 4. The quantitative estimate of drug-likeness (QED) is 0.189. The van der Waals surface area contributed by atoms with E-state index in [0.29, 0.717) is 0 Å². The second kappa shape index (κ2) is 10.3. The van der Waals surface area contributed by atoms with E-state index in [1.807, 2.05) is 5.43 Å². The van der Waals surface area contributed by atoms with Crippen LogP contribution in [0.5, 0.6) is 11.5 Å². The molecular formula is C21H19F4N5O5. The average Bonchev–Trinajstić information content (AvgIpc) is 3.02. The summed E-state index contributed by atoms with van der Waals surface area (Å²) in [6, 6.07) is 6.23. The van der Waals surface area contributed by atoms with Crippen LogP contribution in [-0.4, -0.2) is 34.9 Å². The highest BCUT2D eigenvalue weighted by molar-refractivity contribution is 6.06. The van der Waals surface area contributed by atoms with Crippen molar-refractivity contribution >= 4 is 17.5 Å². The topological polar surface area (TPSA) is 130 Å². The third-order valence-corrected chi connectivity index (χ3v) is 4.89. The fourth-order valence-corrected chi connectivity index (χ4v) is 3.28. The van der Waals surface area contributed by atoms with Crippen LogP contribution in [0.2, 0.25) is 0 Å². The summed E-state index contributed by atoms with van der Waals surface area (Å²) in [5, 5.41) is 2.28. The van der Waals surface area contributed by atoms with Gasteiger partial charge in [-0.05, 0) is 24.3 Å². The first kappa shape index (κ1) is 25.3. The Balaban J connectivity index is 2.11. The molecule has 10 nitrogen and oxygen atoms in total. The van der Waals surface area contributed by atoms with Gasteiger partial charge >= 0.3 is 6.61 Å². The van der Waals surface area contributed by atoms with Gasteiger partial charge < -0.3 is 14.8 Å². The first-order valence-electron chi connectivity index (χ1n) is 9.76. The van der Waals surface area contributed by atoms with E-state index in [4.69, 9.17) is 10.6 Å². The summed E-state index contributed by atoms with van der Waals surface area (Å²) >= 11 is 0. The highest BCUT2D eigenvalue weighted by atomic mass is 19.3. The second-order valence-electron chi connectivity index (χ2n) is 7.00. The van der Waals surface area contributed by atoms with Gasteiger partial charge in [0.25, 0.3) is 17.4 Å². The van der Waals surface area contributed by atoms with E-state index in [9.17, 15) is 31.9 Å². The Hall–Kier alpha value is -4.33. The Kier molecular flexibility index (Phi) is 7.44. The van der Waals surface area contributed by atoms with Gasteiger partial charge in [0.05, 0.1) is 18.4 Å². The Morgan fingerprint density at radius 2 is 1.69 bits per heavy atom. The maximum atomic E-state index is 14.9. The van der Waals surface area contributed by atoms with Crippen LogP contribution in [0.1, 0.15) is 10.4 Å². The maximum Gasteiger partial charge on any atom is 0.387 e. The maximum absolute atomic E-state index is 14.9. The van der Waals surface area contributed by atoms with Gasteiger partial charge in [-0.25, -0.2) is 19.3 Å². The molecule has 0 fully saturated rings. The number of hydrogen-bond donors (Lipinski definition) is 3. The minimum Gasteiger partial charge on any atom is -0.497 e. The van der Waals surface area contributed by atoms with Crippen LogP contribution in [0.3, 0.4) is 0 Å². The zero-order chi connectivity index (χ0) is 25.9. The fourth-order valence-electron chi connectivity index (χ4n) is 3.28. The number of alkyl halides is 2. The molecule has 0 saturated carbocycles. The number of aromatic nitrogens is 2. The summed E-state index contributed by atoms with van der Waals surface area (Å²) in [6.07, 6.45) is 0. The van der Waals surface area contributed by atoms with E-state index < -0.39 is 53.4 Å². The highest BCUT2D eigenvalue weighted by Gasteiger charge is 2.27. The molecule has 0 aliphatic rings. The molecule has 0 unspecified atom stereocenters. The van der Waals surface area contributed by atoms with Crippen molar-refractivity contribution in [2.45, 2.75) is 13.2 Å². The van der Waals surface area contributed by atoms with Crippen LogP contribution in [0.25, 0.3) is 11.3 Å². The molecule has 186 valence electrons. The first-order chi connectivity index (χ1) is 16.6. The number of anilines is 1. The summed E-state index contributed by atoms with van der Waals surface area (Å²) < 4.78 is 65.3. The number of ether oxygens (including phenoxy) is 2. The molecule has 35 heavy (non-hydrogen) atoms. The zero-order valence-corrected chi connectivity index (χ0v) is 18.3. The first-order valence-corrected chi connectivity index (χ1v) is 9.76. The van der Waals surface area contributed by atoms with Gasteiger partial charge in [-0.1, -0.05) is 0 Å². The van der Waals surface area contributed by atoms with Gasteiger partial charge in [0.2, 0.25) is 0 Å². The van der Waals surface area contributed by atoms with Crippen molar-refractivity contribution in [2.24, 2.45) is 12.9 Å². The zero-order valence-electron chi connectivity index (χ0n) is 18.3. The number of rotatable bonds is 8. The molecular weight excluding hydrogens is 478 g/mol. The lowest BCUT2D eigenvalue weighted by Crippen LogP contribution is -2.37. The number of amides is 2. The SMILES string of the molecule is COc1cc(F)c(-c2c(NC(=O)c3ccc(OC(F)F)cc3)c(=O)n(CC(=O)NN)n2C)c(F)c1. The van der Waals surface area contributed by atoms with Crippen LogP contribution < -0.4 is 31.6 Å². The summed E-state index contributed by atoms with van der Waals surface area (Å²) in [5.41, 5.74) is -0.818. The fraction of sp³-hybridized carbons (Fsp3) is 0.190. The predicted molar refractivity (Wildman–Crippen MR) is 115 cm³/mol. The minimum atomic E-state index is -3.07. The van der Waals surface area contributed by atoms with Gasteiger partial charge in [-0.2, -0.15) is 8.78 Å². The lowest BCUT2D eigenvalue weighted by atomic mass is 10.1. The molecule has 0 aliphatic heterocycles. The van der Waals surface area contributed by atoms with Crippen LogP contribution >= 0.6 is 0 Å². The van der Waals surface area contributed by atoms with Gasteiger partial charge in [-0.15, -0.1) is 0 Å². The van der Waals surface area contributed by atoms with Gasteiger partial charge in [0.15, 0.2) is 0 Å². The normalized spacial score (nSPS) is 10.9. The van der Waals surface area contributed by atoms with E-state index in [1.165, 1.54) is 14.2 Å². The third kappa shape index (κ3) is 5.27. The Morgan fingerprint density at radius 3 is 2.20 bits per heavy atom. The molecule has 3 aromatic rings. The highest BCUT2D eigenvalue weighted by Crippen LogP contribution is 2.33. The molecule has 0 spiro atoms. The standard InChI is InChI=1S/C21H19F4N5O5/c1-29-18(16-13(22)7-12(34-2)8-14(16)23)17(20(33)30(29)9-15(31)28-26)27-19(32)10-3-5-11(6-4-10)35-21(24)25/h3-8,21H,9,26H2,1-2H3,(H,27,32)(H,28,31). The van der Waals surface area contributed by atoms with E-state index >= 15 is 0 Å². The lowest BCUT2D eigenvalue weighted by Gasteiger charge is -2.13. The van der Waals surface area contributed by atoms with E-state index in [0.717, 1.165) is 45.8 Å². The molecule has 0 bridgehead atoms. The smallest absolute Gasteiger partial charge is 0.387 e. The molecule has 0 radical (unpaired) electrons. The monoisotopic (exact) mass is 497 g/mol. The van der Waals surface area contributed by atoms with Gasteiger partial charge in [-0.3, -0.25) is 24.5 Å². The number of carbonyl (C=O) groups is 2. The molecule has 4 N–H and O–H groups in total.